The van der Waals surface area contributed by atoms with E-state index in [1.54, 1.807) is 6.07 Å². The number of ether oxygens (including phenoxy) is 1. The number of methoxy groups -OCH3 is 1. The Kier molecular flexibility index (Phi) is 10.1. The molecule has 2 aromatic carbocycles. The van der Waals surface area contributed by atoms with Gasteiger partial charge in [0, 0.05) is 47.4 Å². The lowest BCUT2D eigenvalue weighted by Gasteiger charge is -2.36. The van der Waals surface area contributed by atoms with Crippen LogP contribution >= 0.6 is 11.8 Å². The van der Waals surface area contributed by atoms with Crippen molar-refractivity contribution in [3.63, 3.8) is 0 Å². The molecule has 0 bridgehead atoms. The number of benzene rings is 2. The number of aromatic amines is 1. The molecule has 1 unspecified atom stereocenters. The molecule has 0 radical (unpaired) electrons. The summed E-state index contributed by atoms with van der Waals surface area (Å²) in [6.45, 7) is 5.56. The van der Waals surface area contributed by atoms with Crippen molar-refractivity contribution in [2.45, 2.75) is 59.3 Å². The first-order valence-electron chi connectivity index (χ1n) is 14.6. The number of nitrogens with one attached hydrogen (secondary N) is 2. The minimum absolute atomic E-state index is 0.0710. The highest BCUT2D eigenvalue weighted by Gasteiger charge is 2.38. The molecule has 1 saturated heterocycles. The number of rotatable bonds is 10. The van der Waals surface area contributed by atoms with E-state index in [2.05, 4.69) is 30.3 Å². The van der Waals surface area contributed by atoms with Gasteiger partial charge in [-0.2, -0.15) is 5.10 Å². The molecule has 0 amide bonds. The number of anilines is 3. The summed E-state index contributed by atoms with van der Waals surface area (Å²) in [5, 5.41) is 10.4. The van der Waals surface area contributed by atoms with E-state index in [-0.39, 0.29) is 21.0 Å². The molecule has 3 heterocycles. The smallest absolute Gasteiger partial charge is 0.204 e. The van der Waals surface area contributed by atoms with Crippen LogP contribution in [0.4, 0.5) is 39.4 Å². The van der Waals surface area contributed by atoms with Crippen molar-refractivity contribution < 1.29 is 30.9 Å². The highest BCUT2D eigenvalue weighted by atomic mass is 32.2. The molecule has 9 nitrogen and oxygen atoms in total. The van der Waals surface area contributed by atoms with Crippen molar-refractivity contribution >= 4 is 40.0 Å². The van der Waals surface area contributed by atoms with Crippen LogP contribution in [0.25, 0.3) is 0 Å². The molecule has 2 N–H and O–H groups in total. The number of aryl methyl sites for hydroxylation is 1. The van der Waals surface area contributed by atoms with E-state index in [1.807, 2.05) is 21.0 Å². The molecule has 252 valence electrons. The second kappa shape index (κ2) is 13.8. The Morgan fingerprint density at radius 2 is 1.68 bits per heavy atom. The molecule has 0 spiro atoms. The van der Waals surface area contributed by atoms with Gasteiger partial charge in [-0.15, -0.1) is 0 Å². The quantitative estimate of drug-likeness (QED) is 0.107. The Hall–Kier alpha value is -3.76. The summed E-state index contributed by atoms with van der Waals surface area (Å²) in [4.78, 5) is 13.5. The van der Waals surface area contributed by atoms with Crippen molar-refractivity contribution in [3.8, 4) is 5.75 Å². The van der Waals surface area contributed by atoms with Gasteiger partial charge in [0.1, 0.15) is 5.82 Å². The molecule has 47 heavy (non-hydrogen) atoms. The lowest BCUT2D eigenvalue weighted by atomic mass is 10.0. The number of hydrogen-bond acceptors (Lipinski definition) is 9. The maximum atomic E-state index is 15.6. The number of hydrogen-bond donors (Lipinski definition) is 2. The second-order valence-electron chi connectivity index (χ2n) is 11.8. The molecule has 1 aliphatic heterocycles. The number of nitrogens with zero attached hydrogens (tertiary/aromatic N) is 5. The third kappa shape index (κ3) is 7.09. The van der Waals surface area contributed by atoms with Crippen molar-refractivity contribution in [1.29, 1.82) is 0 Å². The molecule has 4 aromatic rings. The maximum absolute atomic E-state index is 15.6. The molecule has 0 saturated carbocycles. The van der Waals surface area contributed by atoms with Gasteiger partial charge < -0.3 is 19.9 Å². The number of H-pyrrole nitrogens is 1. The van der Waals surface area contributed by atoms with Crippen molar-refractivity contribution in [2.24, 2.45) is 0 Å². The van der Waals surface area contributed by atoms with Gasteiger partial charge in [0.2, 0.25) is 5.75 Å². The van der Waals surface area contributed by atoms with Crippen LogP contribution in [-0.2, 0) is 15.5 Å². The number of halogens is 5. The van der Waals surface area contributed by atoms with E-state index in [9.17, 15) is 21.8 Å². The zero-order valence-corrected chi connectivity index (χ0v) is 28.2. The normalized spacial score (nSPS) is 14.9. The number of aromatic nitrogens is 4. The molecule has 1 fully saturated rings. The second-order valence-corrected chi connectivity index (χ2v) is 14.8. The van der Waals surface area contributed by atoms with Crippen molar-refractivity contribution in [1.82, 2.24) is 25.1 Å². The summed E-state index contributed by atoms with van der Waals surface area (Å²) in [5.74, 6) is -5.69. The Balaban J connectivity index is 1.48. The SMILES string of the molecule is COc1c(Nc2cc(C)[nH]n2)nc(Sc2ccc(S(=O)C(C)(C)c3c(F)c(F)cc(F)c3F)cc2F)nc1N1CCC(N(C)C)CC1. The fourth-order valence-electron chi connectivity index (χ4n) is 5.42. The van der Waals surface area contributed by atoms with Crippen molar-refractivity contribution in [2.75, 3.05) is 44.5 Å². The van der Waals surface area contributed by atoms with Crippen LogP contribution in [0.5, 0.6) is 5.75 Å². The highest BCUT2D eigenvalue weighted by molar-refractivity contribution is 7.99. The third-order valence-electron chi connectivity index (χ3n) is 7.97. The van der Waals surface area contributed by atoms with E-state index in [0.29, 0.717) is 42.3 Å². The minimum Gasteiger partial charge on any atom is -0.490 e. The maximum Gasteiger partial charge on any atom is 0.204 e. The molecular formula is C31H34F5N7O2S2. The zero-order chi connectivity index (χ0) is 34.2. The summed E-state index contributed by atoms with van der Waals surface area (Å²) in [7, 11) is 3.27. The number of piperidine rings is 1. The highest BCUT2D eigenvalue weighted by Crippen LogP contribution is 2.41. The average Bonchev–Trinajstić information content (AvgIpc) is 3.44. The largest absolute Gasteiger partial charge is 0.490 e. The fraction of sp³-hybridized carbons (Fsp3) is 0.387. The molecule has 5 rings (SSSR count). The van der Waals surface area contributed by atoms with E-state index < -0.39 is 50.2 Å². The zero-order valence-electron chi connectivity index (χ0n) is 26.6. The molecule has 1 aliphatic rings. The Morgan fingerprint density at radius 1 is 1.02 bits per heavy atom. The standard InChI is InChI=1S/C31H34F5N7O2S2/c1-16-13-23(41-40-16)37-28-27(45-6)29(43-11-9-17(10-12-43)42(4)5)39-30(38-28)46-22-8-7-18(14-19(22)32)47(44)31(2,3)24-25(35)20(33)15-21(34)26(24)36/h7-8,13-15,17H,9-12H2,1-6H3,(H2,37,38,39,40,41). The molecule has 16 heteroatoms. The van der Waals surface area contributed by atoms with E-state index >= 15 is 4.39 Å². The molecule has 1 atom stereocenters. The van der Waals surface area contributed by atoms with Gasteiger partial charge in [0.05, 0.1) is 27.6 Å². The van der Waals surface area contributed by atoms with Gasteiger partial charge in [-0.25, -0.2) is 31.9 Å². The van der Waals surface area contributed by atoms with Crippen LogP contribution in [0.1, 0.15) is 37.9 Å². The van der Waals surface area contributed by atoms with E-state index in [4.69, 9.17) is 9.72 Å². The first-order chi connectivity index (χ1) is 22.2. The van der Waals surface area contributed by atoms with Crippen LogP contribution in [0.15, 0.2) is 45.3 Å². The first kappa shape index (κ1) is 34.6. The Labute approximate surface area is 275 Å². The van der Waals surface area contributed by atoms with Gasteiger partial charge in [-0.3, -0.25) is 9.31 Å². The minimum atomic E-state index is -2.33. The van der Waals surface area contributed by atoms with Crippen molar-refractivity contribution in [3.05, 3.63) is 70.7 Å². The van der Waals surface area contributed by atoms with Gasteiger partial charge in [0.25, 0.3) is 0 Å². The van der Waals surface area contributed by atoms with Crippen LogP contribution in [0, 0.1) is 36.0 Å². The van der Waals surface area contributed by atoms with Gasteiger partial charge in [0.15, 0.2) is 45.9 Å². The van der Waals surface area contributed by atoms with E-state index in [0.717, 1.165) is 50.2 Å². The van der Waals surface area contributed by atoms with Crippen LogP contribution in [0.3, 0.4) is 0 Å². The third-order valence-corrected chi connectivity index (χ3v) is 10.7. The summed E-state index contributed by atoms with van der Waals surface area (Å²) in [5.41, 5.74) is -0.218. The summed E-state index contributed by atoms with van der Waals surface area (Å²) in [6.07, 6.45) is 1.78. The summed E-state index contributed by atoms with van der Waals surface area (Å²) in [6, 6.07) is 5.88. The Bertz CT molecular complexity index is 1790. The first-order valence-corrected chi connectivity index (χ1v) is 16.6. The van der Waals surface area contributed by atoms with Crippen LogP contribution in [-0.4, -0.2) is 69.6 Å². The Morgan fingerprint density at radius 3 is 2.23 bits per heavy atom. The van der Waals surface area contributed by atoms with Gasteiger partial charge >= 0.3 is 0 Å². The monoisotopic (exact) mass is 695 g/mol. The van der Waals surface area contributed by atoms with Crippen LogP contribution in [0.2, 0.25) is 0 Å². The predicted molar refractivity (Wildman–Crippen MR) is 170 cm³/mol. The molecule has 0 aliphatic carbocycles. The lowest BCUT2D eigenvalue weighted by molar-refractivity contribution is 0.248. The lowest BCUT2D eigenvalue weighted by Crippen LogP contribution is -2.42. The summed E-state index contributed by atoms with van der Waals surface area (Å²) < 4.78 is 90.0. The van der Waals surface area contributed by atoms with Gasteiger partial charge in [-0.05, 0) is 77.7 Å². The predicted octanol–water partition coefficient (Wildman–Crippen LogP) is 6.68. The topological polar surface area (TPSA) is 99.3 Å². The van der Waals surface area contributed by atoms with Crippen LogP contribution < -0.4 is 15.0 Å². The molecule has 2 aromatic heterocycles. The van der Waals surface area contributed by atoms with Gasteiger partial charge in [-0.1, -0.05) is 0 Å². The average molecular weight is 696 g/mol. The fourth-order valence-corrected chi connectivity index (χ4v) is 7.53. The summed E-state index contributed by atoms with van der Waals surface area (Å²) >= 11 is 0.906. The molecular weight excluding hydrogens is 662 g/mol. The van der Waals surface area contributed by atoms with E-state index in [1.165, 1.54) is 19.2 Å².